The summed E-state index contributed by atoms with van der Waals surface area (Å²) in [6.45, 7) is 8.15. The minimum Gasteiger partial charge on any atom is -0.372 e. The molecule has 1 aliphatic rings. The van der Waals surface area contributed by atoms with Gasteiger partial charge in [0.1, 0.15) is 0 Å². The van der Waals surface area contributed by atoms with Gasteiger partial charge in [0.15, 0.2) is 0 Å². The molecule has 0 bridgehead atoms. The molecule has 0 radical (unpaired) electrons. The van der Waals surface area contributed by atoms with E-state index in [4.69, 9.17) is 11.2 Å². The molecule has 98 valence electrons. The molecule has 0 aliphatic carbocycles. The molecule has 1 rings (SSSR count). The third-order valence-electron chi connectivity index (χ3n) is 3.00. The van der Waals surface area contributed by atoms with Crippen LogP contribution in [-0.2, 0) is 4.74 Å². The van der Waals surface area contributed by atoms with E-state index in [-0.39, 0.29) is 0 Å². The Morgan fingerprint density at radius 3 is 2.76 bits per heavy atom. The van der Waals surface area contributed by atoms with Gasteiger partial charge in [0.2, 0.25) is 0 Å². The van der Waals surface area contributed by atoms with E-state index < -0.39 is 0 Å². The maximum absolute atomic E-state index is 5.99. The molecule has 3 heteroatoms. The van der Waals surface area contributed by atoms with Crippen molar-refractivity contribution in [3.63, 3.8) is 0 Å². The summed E-state index contributed by atoms with van der Waals surface area (Å²) in [5, 5.41) is 3.45. The number of nitrogens with zero attached hydrogens (tertiary/aromatic N) is 1. The zero-order chi connectivity index (χ0) is 12.7. The third-order valence-corrected chi connectivity index (χ3v) is 3.00. The van der Waals surface area contributed by atoms with E-state index in [0.29, 0.717) is 24.7 Å². The van der Waals surface area contributed by atoms with Crippen molar-refractivity contribution in [2.75, 3.05) is 33.2 Å². The maximum Gasteiger partial charge on any atom is 0.0707 e. The van der Waals surface area contributed by atoms with Gasteiger partial charge in [0.05, 0.1) is 18.8 Å². The second kappa shape index (κ2) is 7.71. The summed E-state index contributed by atoms with van der Waals surface area (Å²) in [6.07, 6.45) is 8.35. The van der Waals surface area contributed by atoms with Crippen LogP contribution >= 0.6 is 0 Å². The molecule has 3 nitrogen and oxygen atoms in total. The zero-order valence-corrected chi connectivity index (χ0v) is 11.4. The van der Waals surface area contributed by atoms with Crippen LogP contribution in [0.4, 0.5) is 0 Å². The van der Waals surface area contributed by atoms with E-state index in [0.717, 1.165) is 26.1 Å². The maximum atomic E-state index is 5.99. The third kappa shape index (κ3) is 6.07. The van der Waals surface area contributed by atoms with Crippen molar-refractivity contribution >= 4 is 0 Å². The molecule has 1 saturated heterocycles. The van der Waals surface area contributed by atoms with Crippen molar-refractivity contribution in [3.05, 3.63) is 0 Å². The Labute approximate surface area is 106 Å². The van der Waals surface area contributed by atoms with E-state index in [1.807, 2.05) is 7.05 Å². The topological polar surface area (TPSA) is 24.5 Å². The van der Waals surface area contributed by atoms with Gasteiger partial charge < -0.3 is 10.1 Å². The van der Waals surface area contributed by atoms with E-state index in [2.05, 4.69) is 30.0 Å². The first-order chi connectivity index (χ1) is 8.11. The Kier molecular flexibility index (Phi) is 6.57. The molecule has 0 saturated carbocycles. The molecule has 1 N–H and O–H groups in total. The van der Waals surface area contributed by atoms with E-state index >= 15 is 0 Å². The lowest BCUT2D eigenvalue weighted by molar-refractivity contribution is 0.0297. The first-order valence-electron chi connectivity index (χ1n) is 6.60. The Bertz CT molecular complexity index is 247. The SMILES string of the molecule is C#CCN(C)CC1CCC(CNCC(C)C)O1. The summed E-state index contributed by atoms with van der Waals surface area (Å²) >= 11 is 0. The molecular formula is C14H26N2O. The second-order valence-corrected chi connectivity index (χ2v) is 5.41. The number of hydrogen-bond donors (Lipinski definition) is 1. The molecule has 17 heavy (non-hydrogen) atoms. The van der Waals surface area contributed by atoms with Gasteiger partial charge >= 0.3 is 0 Å². The summed E-state index contributed by atoms with van der Waals surface area (Å²) < 4.78 is 5.99. The standard InChI is InChI=1S/C14H26N2O/c1-5-8-16(4)11-14-7-6-13(17-14)10-15-9-12(2)3/h1,12-15H,6-11H2,2-4H3. The number of hydrogen-bond acceptors (Lipinski definition) is 3. The van der Waals surface area contributed by atoms with Crippen molar-refractivity contribution in [2.24, 2.45) is 5.92 Å². The van der Waals surface area contributed by atoms with E-state index in [1.54, 1.807) is 0 Å². The average Bonchev–Trinajstić information content (AvgIpc) is 2.65. The Morgan fingerprint density at radius 1 is 1.41 bits per heavy atom. The number of ether oxygens (including phenoxy) is 1. The highest BCUT2D eigenvalue weighted by Crippen LogP contribution is 2.19. The summed E-state index contributed by atoms with van der Waals surface area (Å²) in [7, 11) is 2.05. The molecule has 2 unspecified atom stereocenters. The predicted octanol–water partition coefficient (Wildman–Crippen LogP) is 1.34. The fourth-order valence-corrected chi connectivity index (χ4v) is 2.17. The lowest BCUT2D eigenvalue weighted by Gasteiger charge is -2.19. The van der Waals surface area contributed by atoms with Gasteiger partial charge in [-0.05, 0) is 32.4 Å². The summed E-state index contributed by atoms with van der Waals surface area (Å²) in [6, 6.07) is 0. The van der Waals surface area contributed by atoms with Crippen LogP contribution < -0.4 is 5.32 Å². The van der Waals surface area contributed by atoms with Crippen molar-refractivity contribution in [1.29, 1.82) is 0 Å². The van der Waals surface area contributed by atoms with Gasteiger partial charge in [-0.15, -0.1) is 6.42 Å². The zero-order valence-electron chi connectivity index (χ0n) is 11.4. The van der Waals surface area contributed by atoms with Gasteiger partial charge in [-0.2, -0.15) is 0 Å². The molecular weight excluding hydrogens is 212 g/mol. The molecule has 0 aromatic heterocycles. The van der Waals surface area contributed by atoms with Gasteiger partial charge in [0.25, 0.3) is 0 Å². The van der Waals surface area contributed by atoms with Crippen LogP contribution in [0, 0.1) is 18.3 Å². The van der Waals surface area contributed by atoms with Gasteiger partial charge in [-0.3, -0.25) is 4.90 Å². The van der Waals surface area contributed by atoms with Crippen molar-refractivity contribution < 1.29 is 4.74 Å². The number of rotatable bonds is 7. The van der Waals surface area contributed by atoms with Crippen molar-refractivity contribution in [1.82, 2.24) is 10.2 Å². The number of nitrogens with one attached hydrogen (secondary N) is 1. The quantitative estimate of drug-likeness (QED) is 0.678. The first kappa shape index (κ1) is 14.5. The molecule has 1 fully saturated rings. The van der Waals surface area contributed by atoms with Crippen molar-refractivity contribution in [3.8, 4) is 12.3 Å². The molecule has 0 spiro atoms. The molecule has 0 aromatic rings. The van der Waals surface area contributed by atoms with E-state index in [1.165, 1.54) is 6.42 Å². The fraction of sp³-hybridized carbons (Fsp3) is 0.857. The Hall–Kier alpha value is -0.560. The Balaban J connectivity index is 2.12. The summed E-state index contributed by atoms with van der Waals surface area (Å²) in [5.74, 6) is 3.36. The highest BCUT2D eigenvalue weighted by molar-refractivity contribution is 4.88. The average molecular weight is 238 g/mol. The van der Waals surface area contributed by atoms with Gasteiger partial charge in [-0.1, -0.05) is 19.8 Å². The largest absolute Gasteiger partial charge is 0.372 e. The normalized spacial score (nSPS) is 24.5. The minimum absolute atomic E-state index is 0.360. The van der Waals surface area contributed by atoms with E-state index in [9.17, 15) is 0 Å². The highest BCUT2D eigenvalue weighted by atomic mass is 16.5. The lowest BCUT2D eigenvalue weighted by atomic mass is 10.2. The Morgan fingerprint density at radius 2 is 2.12 bits per heavy atom. The van der Waals surface area contributed by atoms with Crippen LogP contribution in [-0.4, -0.2) is 50.3 Å². The first-order valence-corrected chi connectivity index (χ1v) is 6.60. The van der Waals surface area contributed by atoms with Crippen LogP contribution in [0.15, 0.2) is 0 Å². The number of likely N-dealkylation sites (N-methyl/N-ethyl adjacent to an activating group) is 1. The van der Waals surface area contributed by atoms with Gasteiger partial charge in [0, 0.05) is 13.1 Å². The molecule has 2 atom stereocenters. The van der Waals surface area contributed by atoms with Gasteiger partial charge in [-0.25, -0.2) is 0 Å². The smallest absolute Gasteiger partial charge is 0.0707 e. The fourth-order valence-electron chi connectivity index (χ4n) is 2.17. The second-order valence-electron chi connectivity index (χ2n) is 5.41. The van der Waals surface area contributed by atoms with Crippen molar-refractivity contribution in [2.45, 2.75) is 38.9 Å². The highest BCUT2D eigenvalue weighted by Gasteiger charge is 2.25. The van der Waals surface area contributed by atoms with Crippen LogP contribution in [0.3, 0.4) is 0 Å². The van der Waals surface area contributed by atoms with Crippen LogP contribution in [0.25, 0.3) is 0 Å². The van der Waals surface area contributed by atoms with Crippen LogP contribution in [0.1, 0.15) is 26.7 Å². The monoisotopic (exact) mass is 238 g/mol. The predicted molar refractivity (Wildman–Crippen MR) is 71.9 cm³/mol. The van der Waals surface area contributed by atoms with Crippen LogP contribution in [0.2, 0.25) is 0 Å². The minimum atomic E-state index is 0.360. The molecule has 1 heterocycles. The summed E-state index contributed by atoms with van der Waals surface area (Å²) in [5.41, 5.74) is 0. The summed E-state index contributed by atoms with van der Waals surface area (Å²) in [4.78, 5) is 2.15. The molecule has 0 amide bonds. The van der Waals surface area contributed by atoms with Crippen LogP contribution in [0.5, 0.6) is 0 Å². The lowest BCUT2D eigenvalue weighted by Crippen LogP contribution is -2.33. The molecule has 1 aliphatic heterocycles. The number of terminal acetylenes is 1. The molecule has 0 aromatic carbocycles.